The molecule has 1 aromatic carbocycles. The predicted molar refractivity (Wildman–Crippen MR) is 121 cm³/mol. The summed E-state index contributed by atoms with van der Waals surface area (Å²) in [4.78, 5) is 67.3. The van der Waals surface area contributed by atoms with E-state index in [1.165, 1.54) is 38.1 Å². The van der Waals surface area contributed by atoms with Crippen LogP contribution in [-0.4, -0.2) is 59.1 Å². The Balaban J connectivity index is 1.48. The van der Waals surface area contributed by atoms with Crippen molar-refractivity contribution in [3.05, 3.63) is 58.9 Å². The summed E-state index contributed by atoms with van der Waals surface area (Å²) in [6, 6.07) is 7.11. The third-order valence-electron chi connectivity index (χ3n) is 6.19. The zero-order valence-electron chi connectivity index (χ0n) is 19.0. The molecule has 4 rings (SSSR count). The molecule has 182 valence electrons. The lowest BCUT2D eigenvalue weighted by atomic mass is 9.89. The molecular formula is C23H22N4O7S. The lowest BCUT2D eigenvalue weighted by Gasteiger charge is -2.38. The molecular weight excluding hydrogens is 476 g/mol. The number of imide groups is 2. The number of sulfone groups is 1. The molecule has 2 aliphatic heterocycles. The first-order valence-electron chi connectivity index (χ1n) is 10.8. The zero-order valence-corrected chi connectivity index (χ0v) is 19.8. The van der Waals surface area contributed by atoms with Gasteiger partial charge in [0, 0.05) is 19.2 Å². The fraction of sp³-hybridized carbons (Fsp3) is 0.304. The second kappa shape index (κ2) is 8.69. The van der Waals surface area contributed by atoms with Crippen molar-refractivity contribution in [2.45, 2.75) is 43.7 Å². The molecule has 1 aromatic heterocycles. The molecule has 0 saturated carbocycles. The Bertz CT molecular complexity index is 1390. The Morgan fingerprint density at radius 2 is 1.83 bits per heavy atom. The number of rotatable bonds is 6. The Morgan fingerprint density at radius 1 is 1.11 bits per heavy atom. The fourth-order valence-corrected chi connectivity index (χ4v) is 4.81. The Hall–Kier alpha value is -3.93. The highest BCUT2D eigenvalue weighted by Crippen LogP contribution is 2.34. The lowest BCUT2D eigenvalue weighted by molar-refractivity contribution is -0.140. The third-order valence-corrected chi connectivity index (χ3v) is 7.91. The van der Waals surface area contributed by atoms with Crippen LogP contribution in [0.15, 0.2) is 41.4 Å². The minimum Gasteiger partial charge on any atom is -0.347 e. The SMILES string of the molecule is CCS(=O)(=O)c1ccc(C(=O)NCc2ccc3c(c2)C(=O)N(C2(C)CCC(=O)NC2=O)C3=O)nc1. The summed E-state index contributed by atoms with van der Waals surface area (Å²) in [5.74, 6) is -3.08. The first-order chi connectivity index (χ1) is 16.5. The number of fused-ring (bicyclic) bond motifs is 1. The van der Waals surface area contributed by atoms with Crippen molar-refractivity contribution < 1.29 is 32.4 Å². The van der Waals surface area contributed by atoms with Crippen LogP contribution in [0.25, 0.3) is 0 Å². The van der Waals surface area contributed by atoms with Gasteiger partial charge in [0.2, 0.25) is 5.91 Å². The van der Waals surface area contributed by atoms with Gasteiger partial charge < -0.3 is 5.32 Å². The lowest BCUT2D eigenvalue weighted by Crippen LogP contribution is -2.62. The van der Waals surface area contributed by atoms with Crippen molar-refractivity contribution in [3.8, 4) is 0 Å². The van der Waals surface area contributed by atoms with Gasteiger partial charge in [0.15, 0.2) is 9.84 Å². The molecule has 2 N–H and O–H groups in total. The highest BCUT2D eigenvalue weighted by Gasteiger charge is 2.52. The monoisotopic (exact) mass is 498 g/mol. The first-order valence-corrected chi connectivity index (χ1v) is 12.5. The Morgan fingerprint density at radius 3 is 2.46 bits per heavy atom. The van der Waals surface area contributed by atoms with Crippen LogP contribution >= 0.6 is 0 Å². The van der Waals surface area contributed by atoms with E-state index < -0.39 is 44.9 Å². The number of amides is 5. The molecule has 35 heavy (non-hydrogen) atoms. The van der Waals surface area contributed by atoms with E-state index >= 15 is 0 Å². The number of nitrogens with one attached hydrogen (secondary N) is 2. The van der Waals surface area contributed by atoms with E-state index in [2.05, 4.69) is 15.6 Å². The van der Waals surface area contributed by atoms with Gasteiger partial charge in [-0.3, -0.25) is 34.2 Å². The zero-order chi connectivity index (χ0) is 25.5. The van der Waals surface area contributed by atoms with Crippen molar-refractivity contribution in [2.75, 3.05) is 5.75 Å². The number of carbonyl (C=O) groups excluding carboxylic acids is 5. The number of piperidine rings is 1. The first kappa shape index (κ1) is 24.2. The Labute approximate surface area is 200 Å². The highest BCUT2D eigenvalue weighted by molar-refractivity contribution is 7.91. The molecule has 12 heteroatoms. The predicted octanol–water partition coefficient (Wildman–Crippen LogP) is 0.597. The van der Waals surface area contributed by atoms with Gasteiger partial charge in [0.1, 0.15) is 11.2 Å². The topological polar surface area (TPSA) is 160 Å². The van der Waals surface area contributed by atoms with E-state index in [0.717, 1.165) is 11.1 Å². The van der Waals surface area contributed by atoms with E-state index in [1.54, 1.807) is 6.07 Å². The smallest absolute Gasteiger partial charge is 0.270 e. The van der Waals surface area contributed by atoms with Crippen LogP contribution in [-0.2, 0) is 26.0 Å². The summed E-state index contributed by atoms with van der Waals surface area (Å²) in [7, 11) is -3.43. The van der Waals surface area contributed by atoms with Gasteiger partial charge in [-0.2, -0.15) is 0 Å². The average molecular weight is 499 g/mol. The number of hydrogen-bond acceptors (Lipinski definition) is 8. The van der Waals surface area contributed by atoms with Gasteiger partial charge >= 0.3 is 0 Å². The summed E-state index contributed by atoms with van der Waals surface area (Å²) in [6.07, 6.45) is 1.15. The molecule has 0 radical (unpaired) electrons. The normalized spacial score (nSPS) is 20.0. The van der Waals surface area contributed by atoms with Gasteiger partial charge in [-0.1, -0.05) is 13.0 Å². The van der Waals surface area contributed by atoms with Gasteiger partial charge in [-0.05, 0) is 43.2 Å². The van der Waals surface area contributed by atoms with Crippen LogP contribution in [0.5, 0.6) is 0 Å². The number of nitrogens with zero attached hydrogens (tertiary/aromatic N) is 2. The van der Waals surface area contributed by atoms with E-state index in [-0.39, 0.29) is 46.9 Å². The van der Waals surface area contributed by atoms with Gasteiger partial charge in [-0.15, -0.1) is 0 Å². The summed E-state index contributed by atoms with van der Waals surface area (Å²) in [5, 5.41) is 4.81. The molecule has 1 unspecified atom stereocenters. The van der Waals surface area contributed by atoms with E-state index in [9.17, 15) is 32.4 Å². The maximum absolute atomic E-state index is 13.1. The fourth-order valence-electron chi connectivity index (χ4n) is 3.99. The quantitative estimate of drug-likeness (QED) is 0.548. The number of aromatic nitrogens is 1. The van der Waals surface area contributed by atoms with E-state index in [1.807, 2.05) is 0 Å². The number of pyridine rings is 1. The van der Waals surface area contributed by atoms with Crippen LogP contribution in [0, 0.1) is 0 Å². The van der Waals surface area contributed by atoms with E-state index in [4.69, 9.17) is 0 Å². The molecule has 5 amide bonds. The molecule has 3 heterocycles. The van der Waals surface area contributed by atoms with Crippen molar-refractivity contribution >= 4 is 39.4 Å². The van der Waals surface area contributed by atoms with Crippen molar-refractivity contribution in [1.82, 2.24) is 20.5 Å². The van der Waals surface area contributed by atoms with E-state index in [0.29, 0.717) is 5.56 Å². The van der Waals surface area contributed by atoms with Crippen LogP contribution < -0.4 is 10.6 Å². The standard InChI is InChI=1S/C23H22N4O7S/c1-3-35(33,34)14-5-7-17(24-12-14)19(29)25-11-13-4-6-15-16(10-13)21(31)27(20(15)30)23(2)9-8-18(28)26-22(23)32/h4-7,10,12H,3,8-9,11H2,1-2H3,(H,25,29)(H,26,28,32). The third kappa shape index (κ3) is 4.20. The number of benzene rings is 1. The molecule has 11 nitrogen and oxygen atoms in total. The Kier molecular flexibility index (Phi) is 6.01. The molecule has 0 bridgehead atoms. The second-order valence-electron chi connectivity index (χ2n) is 8.44. The summed E-state index contributed by atoms with van der Waals surface area (Å²) >= 11 is 0. The molecule has 1 fully saturated rings. The maximum atomic E-state index is 13.1. The van der Waals surface area contributed by atoms with Crippen LogP contribution in [0.2, 0.25) is 0 Å². The van der Waals surface area contributed by atoms with Crippen LogP contribution in [0.3, 0.4) is 0 Å². The molecule has 1 atom stereocenters. The maximum Gasteiger partial charge on any atom is 0.270 e. The van der Waals surface area contributed by atoms with Crippen LogP contribution in [0.1, 0.15) is 63.5 Å². The highest BCUT2D eigenvalue weighted by atomic mass is 32.2. The molecule has 1 saturated heterocycles. The molecule has 0 aliphatic carbocycles. The number of hydrogen-bond donors (Lipinski definition) is 2. The van der Waals surface area contributed by atoms with Crippen molar-refractivity contribution in [2.24, 2.45) is 0 Å². The summed E-state index contributed by atoms with van der Waals surface area (Å²) in [6.45, 7) is 2.97. The van der Waals surface area contributed by atoms with Gasteiger partial charge in [-0.25, -0.2) is 13.4 Å². The molecule has 2 aromatic rings. The van der Waals surface area contributed by atoms with Gasteiger partial charge in [0.25, 0.3) is 23.6 Å². The van der Waals surface area contributed by atoms with Crippen molar-refractivity contribution in [3.63, 3.8) is 0 Å². The molecule has 0 spiro atoms. The van der Waals surface area contributed by atoms with Crippen LogP contribution in [0.4, 0.5) is 0 Å². The number of carbonyl (C=O) groups is 5. The minimum atomic E-state index is -3.43. The summed E-state index contributed by atoms with van der Waals surface area (Å²) in [5.41, 5.74) is -0.716. The largest absolute Gasteiger partial charge is 0.347 e. The second-order valence-corrected chi connectivity index (χ2v) is 10.7. The van der Waals surface area contributed by atoms with Gasteiger partial charge in [0.05, 0.1) is 21.8 Å². The van der Waals surface area contributed by atoms with Crippen molar-refractivity contribution in [1.29, 1.82) is 0 Å². The average Bonchev–Trinajstić information content (AvgIpc) is 3.10. The minimum absolute atomic E-state index is 0.00627. The molecule has 2 aliphatic rings. The summed E-state index contributed by atoms with van der Waals surface area (Å²) < 4.78 is 23.8.